The van der Waals surface area contributed by atoms with E-state index in [2.05, 4.69) is 10.2 Å². The van der Waals surface area contributed by atoms with Crippen LogP contribution >= 0.6 is 0 Å². The van der Waals surface area contributed by atoms with Crippen LogP contribution in [0.1, 0.15) is 34.7 Å². The van der Waals surface area contributed by atoms with Gasteiger partial charge in [-0.05, 0) is 62.7 Å². The lowest BCUT2D eigenvalue weighted by Crippen LogP contribution is -2.18. The van der Waals surface area contributed by atoms with Crippen molar-refractivity contribution < 1.29 is 13.6 Å². The van der Waals surface area contributed by atoms with Crippen LogP contribution in [-0.2, 0) is 6.54 Å². The van der Waals surface area contributed by atoms with Gasteiger partial charge in [0.1, 0.15) is 11.3 Å². The lowest BCUT2D eigenvalue weighted by Gasteiger charge is -2.11. The molecule has 4 rings (SSSR count). The molecule has 0 bridgehead atoms. The maximum absolute atomic E-state index is 12.4. The van der Waals surface area contributed by atoms with Crippen LogP contribution in [0.5, 0.6) is 0 Å². The number of hydrogen-bond acceptors (Lipinski definition) is 5. The first-order chi connectivity index (χ1) is 12.6. The number of hydrogen-bond donors (Lipinski definition) is 1. The fraction of sp³-hybridized carbons (Fsp3) is 0.300. The van der Waals surface area contributed by atoms with Crippen molar-refractivity contribution in [1.82, 2.24) is 4.90 Å². The van der Waals surface area contributed by atoms with Crippen molar-refractivity contribution in [3.63, 3.8) is 0 Å². The Labute approximate surface area is 150 Å². The van der Waals surface area contributed by atoms with Crippen molar-refractivity contribution in [2.75, 3.05) is 18.4 Å². The zero-order valence-electron chi connectivity index (χ0n) is 14.6. The Kier molecular flexibility index (Phi) is 4.34. The number of furan rings is 1. The van der Waals surface area contributed by atoms with Gasteiger partial charge in [-0.25, -0.2) is 4.79 Å². The van der Waals surface area contributed by atoms with Crippen LogP contribution in [0.2, 0.25) is 0 Å². The highest BCUT2D eigenvalue weighted by molar-refractivity contribution is 6.03. The number of nitrogens with zero attached hydrogens (tertiary/aromatic N) is 1. The number of aryl methyl sites for hydroxylation is 1. The van der Waals surface area contributed by atoms with E-state index >= 15 is 0 Å². The molecule has 1 amide bonds. The number of carbonyl (C=O) groups excluding carboxylic acids is 1. The zero-order valence-corrected chi connectivity index (χ0v) is 14.6. The quantitative estimate of drug-likeness (QED) is 0.727. The first kappa shape index (κ1) is 16.6. The molecule has 2 aromatic heterocycles. The zero-order chi connectivity index (χ0) is 18.1. The minimum absolute atomic E-state index is 0.269. The molecule has 26 heavy (non-hydrogen) atoms. The fourth-order valence-corrected chi connectivity index (χ4v) is 3.34. The number of rotatable bonds is 4. The summed E-state index contributed by atoms with van der Waals surface area (Å²) in [5.41, 5.74) is 1.43. The predicted octanol–water partition coefficient (Wildman–Crippen LogP) is 3.54. The summed E-state index contributed by atoms with van der Waals surface area (Å²) in [6.07, 6.45) is 2.43. The highest BCUT2D eigenvalue weighted by Crippen LogP contribution is 2.22. The molecule has 3 heterocycles. The van der Waals surface area contributed by atoms with E-state index in [-0.39, 0.29) is 11.7 Å². The summed E-state index contributed by atoms with van der Waals surface area (Å²) in [4.78, 5) is 26.3. The normalized spacial score (nSPS) is 14.8. The number of carbonyl (C=O) groups is 1. The molecule has 0 radical (unpaired) electrons. The van der Waals surface area contributed by atoms with Gasteiger partial charge in [0, 0.05) is 23.2 Å². The molecule has 0 aliphatic carbocycles. The van der Waals surface area contributed by atoms with Crippen LogP contribution < -0.4 is 10.9 Å². The number of benzene rings is 1. The molecular weight excluding hydrogens is 332 g/mol. The number of anilines is 1. The van der Waals surface area contributed by atoms with E-state index in [1.807, 2.05) is 19.1 Å². The topological polar surface area (TPSA) is 75.7 Å². The van der Waals surface area contributed by atoms with Crippen molar-refractivity contribution in [3.05, 3.63) is 63.9 Å². The molecular formula is C20H20N2O4. The Morgan fingerprint density at radius 3 is 2.73 bits per heavy atom. The summed E-state index contributed by atoms with van der Waals surface area (Å²) in [5, 5.41) is 3.63. The molecule has 1 saturated heterocycles. The number of fused-ring (bicyclic) bond motifs is 1. The van der Waals surface area contributed by atoms with Gasteiger partial charge in [-0.1, -0.05) is 0 Å². The summed E-state index contributed by atoms with van der Waals surface area (Å²) >= 11 is 0. The van der Waals surface area contributed by atoms with Crippen molar-refractivity contribution in [2.45, 2.75) is 26.3 Å². The smallest absolute Gasteiger partial charge is 0.336 e. The molecule has 0 atom stereocenters. The molecule has 1 aliphatic heterocycles. The highest BCUT2D eigenvalue weighted by atomic mass is 16.4. The van der Waals surface area contributed by atoms with Gasteiger partial charge in [0.2, 0.25) is 0 Å². The summed E-state index contributed by atoms with van der Waals surface area (Å²) < 4.78 is 10.9. The lowest BCUT2D eigenvalue weighted by molar-refractivity contribution is 0.0993. The van der Waals surface area contributed by atoms with Crippen LogP contribution in [0.25, 0.3) is 11.0 Å². The Balaban J connectivity index is 1.50. The molecule has 1 aromatic carbocycles. The first-order valence-electron chi connectivity index (χ1n) is 8.75. The van der Waals surface area contributed by atoms with Crippen LogP contribution in [0.3, 0.4) is 0 Å². The van der Waals surface area contributed by atoms with Crippen molar-refractivity contribution >= 4 is 22.6 Å². The molecule has 3 aromatic rings. The summed E-state index contributed by atoms with van der Waals surface area (Å²) in [5.74, 6) is 0.731. The van der Waals surface area contributed by atoms with Gasteiger partial charge in [-0.15, -0.1) is 0 Å². The number of amides is 1. The average Bonchev–Trinajstić information content (AvgIpc) is 3.27. The summed E-state index contributed by atoms with van der Waals surface area (Å²) in [6, 6.07) is 10.2. The molecule has 0 spiro atoms. The van der Waals surface area contributed by atoms with Crippen molar-refractivity contribution in [3.8, 4) is 0 Å². The van der Waals surface area contributed by atoms with Gasteiger partial charge in [-0.2, -0.15) is 0 Å². The SMILES string of the molecule is Cc1cc(=O)oc2cc(NC(=O)c3ccc(CN4CCCC4)o3)ccc12. The lowest BCUT2D eigenvalue weighted by atomic mass is 10.1. The number of nitrogens with one attached hydrogen (secondary N) is 1. The second-order valence-corrected chi connectivity index (χ2v) is 6.66. The monoisotopic (exact) mass is 352 g/mol. The Morgan fingerprint density at radius 2 is 1.92 bits per heavy atom. The van der Waals surface area contributed by atoms with Crippen molar-refractivity contribution in [2.24, 2.45) is 0 Å². The van der Waals surface area contributed by atoms with Crippen LogP contribution in [0, 0.1) is 6.92 Å². The molecule has 6 nitrogen and oxygen atoms in total. The molecule has 1 N–H and O–H groups in total. The Bertz CT molecular complexity index is 1010. The standard InChI is InChI=1S/C20H20N2O4/c1-13-10-19(23)26-18-11-14(4-6-16(13)18)21-20(24)17-7-5-15(25-17)12-22-8-2-3-9-22/h4-7,10-11H,2-3,8-9,12H2,1H3,(H,21,24). The molecule has 134 valence electrons. The third-order valence-electron chi connectivity index (χ3n) is 4.67. The van der Waals surface area contributed by atoms with Crippen LogP contribution in [0.4, 0.5) is 5.69 Å². The van der Waals surface area contributed by atoms with Crippen LogP contribution in [0.15, 0.2) is 50.0 Å². The summed E-state index contributed by atoms with van der Waals surface area (Å²) in [7, 11) is 0. The van der Waals surface area contributed by atoms with E-state index in [0.29, 0.717) is 11.3 Å². The van der Waals surface area contributed by atoms with Gasteiger partial charge in [0.15, 0.2) is 5.76 Å². The third kappa shape index (κ3) is 3.41. The Morgan fingerprint density at radius 1 is 1.12 bits per heavy atom. The van der Waals surface area contributed by atoms with E-state index in [1.54, 1.807) is 18.2 Å². The van der Waals surface area contributed by atoms with Gasteiger partial charge >= 0.3 is 5.63 Å². The van der Waals surface area contributed by atoms with Gasteiger partial charge in [0.25, 0.3) is 5.91 Å². The van der Waals surface area contributed by atoms with E-state index < -0.39 is 5.63 Å². The highest BCUT2D eigenvalue weighted by Gasteiger charge is 2.16. The summed E-state index contributed by atoms with van der Waals surface area (Å²) in [6.45, 7) is 4.73. The largest absolute Gasteiger partial charge is 0.455 e. The first-order valence-corrected chi connectivity index (χ1v) is 8.75. The second kappa shape index (κ2) is 6.80. The minimum atomic E-state index is -0.406. The van der Waals surface area contributed by atoms with Gasteiger partial charge in [0.05, 0.1) is 6.54 Å². The average molecular weight is 352 g/mol. The minimum Gasteiger partial charge on any atom is -0.455 e. The van der Waals surface area contributed by atoms with Crippen LogP contribution in [-0.4, -0.2) is 23.9 Å². The number of likely N-dealkylation sites (tertiary alicyclic amines) is 1. The maximum Gasteiger partial charge on any atom is 0.336 e. The van der Waals surface area contributed by atoms with Crippen molar-refractivity contribution in [1.29, 1.82) is 0 Å². The maximum atomic E-state index is 12.4. The third-order valence-corrected chi connectivity index (χ3v) is 4.67. The molecule has 1 aliphatic rings. The predicted molar refractivity (Wildman–Crippen MR) is 98.4 cm³/mol. The van der Waals surface area contributed by atoms with E-state index in [4.69, 9.17) is 8.83 Å². The molecule has 1 fully saturated rings. The molecule has 0 saturated carbocycles. The van der Waals surface area contributed by atoms with E-state index in [1.165, 1.54) is 18.9 Å². The molecule has 0 unspecified atom stereocenters. The molecule has 6 heteroatoms. The van der Waals surface area contributed by atoms with E-state index in [9.17, 15) is 9.59 Å². The second-order valence-electron chi connectivity index (χ2n) is 6.66. The van der Waals surface area contributed by atoms with Gasteiger partial charge in [-0.3, -0.25) is 9.69 Å². The Hall–Kier alpha value is -2.86. The van der Waals surface area contributed by atoms with E-state index in [0.717, 1.165) is 36.3 Å². The fourth-order valence-electron chi connectivity index (χ4n) is 3.34. The van der Waals surface area contributed by atoms with Gasteiger partial charge < -0.3 is 14.2 Å².